The molecule has 0 radical (unpaired) electrons. The third-order valence-electron chi connectivity index (χ3n) is 7.23. The molecule has 186 valence electrons. The maximum atomic E-state index is 6.20. The van der Waals surface area contributed by atoms with Crippen LogP contribution < -0.4 is 16.0 Å². The van der Waals surface area contributed by atoms with Crippen LogP contribution in [0, 0.1) is 0 Å². The van der Waals surface area contributed by atoms with E-state index in [1.807, 2.05) is 0 Å². The highest BCUT2D eigenvalue weighted by Gasteiger charge is 2.22. The summed E-state index contributed by atoms with van der Waals surface area (Å²) in [7, 11) is 1.78. The van der Waals surface area contributed by atoms with E-state index in [0.717, 1.165) is 77.5 Å². The van der Waals surface area contributed by atoms with Crippen LogP contribution in [0.2, 0.25) is 0 Å². The number of ether oxygens (including phenoxy) is 2. The second-order valence-corrected chi connectivity index (χ2v) is 9.40. The topological polar surface area (TPSA) is 124 Å². The zero-order valence-corrected chi connectivity index (χ0v) is 20.4. The Kier molecular flexibility index (Phi) is 6.20. The molecule has 0 bridgehead atoms. The highest BCUT2D eigenvalue weighted by molar-refractivity contribution is 6.01. The minimum atomic E-state index is 0.326. The van der Waals surface area contributed by atoms with Crippen LogP contribution in [0.4, 0.5) is 17.6 Å². The van der Waals surface area contributed by atoms with Crippen LogP contribution in [0.3, 0.4) is 0 Å². The maximum absolute atomic E-state index is 6.20. The van der Waals surface area contributed by atoms with Gasteiger partial charge in [-0.25, -0.2) is 24.9 Å². The number of anilines is 3. The van der Waals surface area contributed by atoms with Crippen LogP contribution in [0.25, 0.3) is 32.9 Å². The molecule has 3 aromatic heterocycles. The van der Waals surface area contributed by atoms with Crippen LogP contribution in [0.1, 0.15) is 25.7 Å². The van der Waals surface area contributed by atoms with E-state index in [4.69, 9.17) is 20.2 Å². The number of methoxy groups -OCH3 is 1. The predicted octanol–water partition coefficient (Wildman–Crippen LogP) is 3.42. The van der Waals surface area contributed by atoms with Gasteiger partial charge in [0.1, 0.15) is 18.0 Å². The number of nitrogens with zero attached hydrogens (tertiary/aromatic N) is 6. The lowest BCUT2D eigenvalue weighted by Crippen LogP contribution is -2.36. The number of aromatic nitrogens is 5. The van der Waals surface area contributed by atoms with Gasteiger partial charge in [0.2, 0.25) is 5.95 Å². The van der Waals surface area contributed by atoms with E-state index in [-0.39, 0.29) is 0 Å². The zero-order valence-electron chi connectivity index (χ0n) is 20.4. The van der Waals surface area contributed by atoms with Gasteiger partial charge < -0.3 is 25.4 Å². The summed E-state index contributed by atoms with van der Waals surface area (Å²) < 4.78 is 11.0. The first-order valence-corrected chi connectivity index (χ1v) is 12.5. The monoisotopic (exact) mass is 486 g/mol. The van der Waals surface area contributed by atoms with Gasteiger partial charge in [-0.1, -0.05) is 6.07 Å². The lowest BCUT2D eigenvalue weighted by molar-refractivity contribution is 0.0681. The van der Waals surface area contributed by atoms with Gasteiger partial charge in [0.15, 0.2) is 0 Å². The second kappa shape index (κ2) is 9.79. The van der Waals surface area contributed by atoms with E-state index in [0.29, 0.717) is 37.1 Å². The fourth-order valence-electron chi connectivity index (χ4n) is 5.18. The summed E-state index contributed by atoms with van der Waals surface area (Å²) in [6.07, 6.45) is 9.64. The first-order chi connectivity index (χ1) is 17.7. The molecule has 10 heteroatoms. The number of benzene rings is 1. The van der Waals surface area contributed by atoms with E-state index < -0.39 is 0 Å². The Morgan fingerprint density at radius 2 is 1.83 bits per heavy atom. The van der Waals surface area contributed by atoms with Crippen molar-refractivity contribution in [3.8, 4) is 11.1 Å². The van der Waals surface area contributed by atoms with E-state index in [1.54, 1.807) is 25.8 Å². The van der Waals surface area contributed by atoms with E-state index >= 15 is 0 Å². The second-order valence-electron chi connectivity index (χ2n) is 9.40. The van der Waals surface area contributed by atoms with Crippen LogP contribution in [-0.2, 0) is 9.47 Å². The molecular weight excluding hydrogens is 456 g/mol. The molecule has 2 fully saturated rings. The number of nitrogen functional groups attached to an aromatic ring is 1. The van der Waals surface area contributed by atoms with Crippen molar-refractivity contribution in [1.29, 1.82) is 0 Å². The highest BCUT2D eigenvalue weighted by atomic mass is 16.5. The minimum Gasteiger partial charge on any atom is -0.383 e. The lowest BCUT2D eigenvalue weighted by Gasteiger charge is -2.28. The van der Waals surface area contributed by atoms with Gasteiger partial charge in [0.05, 0.1) is 35.7 Å². The Bertz CT molecular complexity index is 1380. The quantitative estimate of drug-likeness (QED) is 0.433. The Hall–Kier alpha value is -3.63. The molecule has 1 aliphatic heterocycles. The van der Waals surface area contributed by atoms with Crippen molar-refractivity contribution in [3.05, 3.63) is 36.9 Å². The molecular formula is C26H30N8O2. The minimum absolute atomic E-state index is 0.326. The molecule has 1 aromatic carbocycles. The van der Waals surface area contributed by atoms with Crippen molar-refractivity contribution in [3.63, 3.8) is 0 Å². The molecule has 4 aromatic rings. The maximum Gasteiger partial charge on any atom is 0.223 e. The first kappa shape index (κ1) is 22.8. The molecule has 0 atom stereocenters. The molecule has 3 N–H and O–H groups in total. The molecule has 4 heterocycles. The van der Waals surface area contributed by atoms with E-state index in [1.165, 1.54) is 0 Å². The van der Waals surface area contributed by atoms with Gasteiger partial charge in [0.25, 0.3) is 0 Å². The number of morpholine rings is 1. The van der Waals surface area contributed by atoms with Crippen LogP contribution in [0.15, 0.2) is 36.9 Å². The summed E-state index contributed by atoms with van der Waals surface area (Å²) >= 11 is 0. The molecule has 36 heavy (non-hydrogen) atoms. The standard InChI is InChI=1S/C26H30N8O2/c1-35-18-5-3-17(4-6-18)32-26-29-14-21-23(33-26)20(13-28-24(21)27)16-2-7-19-22(12-16)30-15-31-25(19)34-8-10-36-11-9-34/h2,7,12-15,17-18H,3-6,8-11H2,1H3,(H2,27,28)(H,29,32,33)/t17-,18-. The van der Waals surface area contributed by atoms with Crippen molar-refractivity contribution in [2.24, 2.45) is 0 Å². The van der Waals surface area contributed by atoms with Gasteiger partial charge >= 0.3 is 0 Å². The third-order valence-corrected chi connectivity index (χ3v) is 7.23. The van der Waals surface area contributed by atoms with Crippen molar-refractivity contribution in [2.45, 2.75) is 37.8 Å². The number of fused-ring (bicyclic) bond motifs is 2. The largest absolute Gasteiger partial charge is 0.383 e. The van der Waals surface area contributed by atoms with Crippen molar-refractivity contribution >= 4 is 39.4 Å². The molecule has 6 rings (SSSR count). The van der Waals surface area contributed by atoms with Gasteiger partial charge in [-0.05, 0) is 43.4 Å². The predicted molar refractivity (Wildman–Crippen MR) is 140 cm³/mol. The Morgan fingerprint density at radius 3 is 2.64 bits per heavy atom. The van der Waals surface area contributed by atoms with Crippen LogP contribution >= 0.6 is 0 Å². The molecule has 1 saturated heterocycles. The number of hydrogen-bond donors (Lipinski definition) is 2. The lowest BCUT2D eigenvalue weighted by atomic mass is 9.93. The molecule has 0 spiro atoms. The normalized spacial score (nSPS) is 20.6. The van der Waals surface area contributed by atoms with Crippen molar-refractivity contribution in [2.75, 3.05) is 49.4 Å². The number of pyridine rings is 1. The summed E-state index contributed by atoms with van der Waals surface area (Å²) in [5.41, 5.74) is 9.70. The van der Waals surface area contributed by atoms with Gasteiger partial charge in [-0.3, -0.25) is 0 Å². The van der Waals surface area contributed by atoms with Gasteiger partial charge in [0, 0.05) is 49.6 Å². The molecule has 2 aliphatic rings. The fourth-order valence-corrected chi connectivity index (χ4v) is 5.18. The Morgan fingerprint density at radius 1 is 1.00 bits per heavy atom. The SMILES string of the molecule is CO[C@H]1CC[C@H](Nc2ncc3c(N)ncc(-c4ccc5c(N6CCOCC6)ncnc5c4)c3n2)CC1. The van der Waals surface area contributed by atoms with E-state index in [2.05, 4.69) is 48.4 Å². The number of nitrogens with one attached hydrogen (secondary N) is 1. The average Bonchev–Trinajstić information content (AvgIpc) is 2.93. The highest BCUT2D eigenvalue weighted by Crippen LogP contribution is 2.33. The molecule has 0 amide bonds. The Labute approximate surface area is 209 Å². The van der Waals surface area contributed by atoms with Gasteiger partial charge in [-0.15, -0.1) is 0 Å². The summed E-state index contributed by atoms with van der Waals surface area (Å²) in [6, 6.07) is 6.54. The fraction of sp³-hybridized carbons (Fsp3) is 0.423. The number of hydrogen-bond acceptors (Lipinski definition) is 10. The number of nitrogens with two attached hydrogens (primary N) is 1. The zero-order chi connectivity index (χ0) is 24.5. The summed E-state index contributed by atoms with van der Waals surface area (Å²) in [5, 5.41) is 5.26. The number of rotatable bonds is 5. The molecule has 0 unspecified atom stereocenters. The molecule has 1 saturated carbocycles. The summed E-state index contributed by atoms with van der Waals surface area (Å²) in [5.74, 6) is 1.96. The van der Waals surface area contributed by atoms with E-state index in [9.17, 15) is 0 Å². The summed E-state index contributed by atoms with van der Waals surface area (Å²) in [4.78, 5) is 25.2. The van der Waals surface area contributed by atoms with Crippen LogP contribution in [-0.4, -0.2) is 70.5 Å². The first-order valence-electron chi connectivity index (χ1n) is 12.5. The van der Waals surface area contributed by atoms with Crippen molar-refractivity contribution in [1.82, 2.24) is 24.9 Å². The average molecular weight is 487 g/mol. The third kappa shape index (κ3) is 4.38. The van der Waals surface area contributed by atoms with Gasteiger partial charge in [-0.2, -0.15) is 0 Å². The molecule has 10 nitrogen and oxygen atoms in total. The Balaban J connectivity index is 1.35. The van der Waals surface area contributed by atoms with Crippen LogP contribution in [0.5, 0.6) is 0 Å². The molecule has 1 aliphatic carbocycles. The summed E-state index contributed by atoms with van der Waals surface area (Å²) in [6.45, 7) is 3.05. The van der Waals surface area contributed by atoms with Crippen molar-refractivity contribution < 1.29 is 9.47 Å². The smallest absolute Gasteiger partial charge is 0.223 e.